The molecule has 0 aliphatic carbocycles. The molecule has 1 atom stereocenters. The third kappa shape index (κ3) is 6.55. The van der Waals surface area contributed by atoms with Crippen molar-refractivity contribution in [3.05, 3.63) is 0 Å². The van der Waals surface area contributed by atoms with Gasteiger partial charge in [-0.1, -0.05) is 78.6 Å². The number of rotatable bonds is 13. The van der Waals surface area contributed by atoms with Crippen LogP contribution in [0.3, 0.4) is 0 Å². The fourth-order valence-electron chi connectivity index (χ4n) is 3.20. The van der Waals surface area contributed by atoms with E-state index in [9.17, 15) is 0 Å². The second-order valence-electron chi connectivity index (χ2n) is 6.51. The SMILES string of the molecule is CCCCCCCCCCCCN1N=C(CC)N(N)C1CC. The molecule has 0 saturated heterocycles. The summed E-state index contributed by atoms with van der Waals surface area (Å²) in [6.45, 7) is 7.63. The highest BCUT2D eigenvalue weighted by Gasteiger charge is 2.28. The highest BCUT2D eigenvalue weighted by molar-refractivity contribution is 5.82. The van der Waals surface area contributed by atoms with Crippen molar-refractivity contribution < 1.29 is 0 Å². The molecular formula is C18H38N4. The summed E-state index contributed by atoms with van der Waals surface area (Å²) in [5.74, 6) is 7.14. The quantitative estimate of drug-likeness (QED) is 0.390. The lowest BCUT2D eigenvalue weighted by Crippen LogP contribution is -2.46. The minimum atomic E-state index is 0.272. The Labute approximate surface area is 138 Å². The van der Waals surface area contributed by atoms with Crippen molar-refractivity contribution in [2.24, 2.45) is 10.9 Å². The van der Waals surface area contributed by atoms with Gasteiger partial charge in [-0.05, 0) is 12.8 Å². The van der Waals surface area contributed by atoms with Crippen molar-refractivity contribution >= 4 is 5.84 Å². The molecule has 1 aliphatic heterocycles. The zero-order valence-corrected chi connectivity index (χ0v) is 15.2. The second kappa shape index (κ2) is 11.8. The maximum absolute atomic E-state index is 6.12. The van der Waals surface area contributed by atoms with E-state index >= 15 is 0 Å². The van der Waals surface area contributed by atoms with Crippen LogP contribution < -0.4 is 5.84 Å². The first kappa shape index (κ1) is 19.3. The molecule has 0 aromatic rings. The molecule has 0 amide bonds. The fourth-order valence-corrected chi connectivity index (χ4v) is 3.20. The third-order valence-corrected chi connectivity index (χ3v) is 4.63. The van der Waals surface area contributed by atoms with Gasteiger partial charge in [0.1, 0.15) is 12.0 Å². The van der Waals surface area contributed by atoms with E-state index in [1.807, 2.05) is 5.01 Å². The highest BCUT2D eigenvalue weighted by atomic mass is 15.7. The van der Waals surface area contributed by atoms with Gasteiger partial charge >= 0.3 is 0 Å². The maximum Gasteiger partial charge on any atom is 0.140 e. The molecule has 2 N–H and O–H groups in total. The number of hydrazone groups is 1. The minimum Gasteiger partial charge on any atom is -0.273 e. The molecule has 0 spiro atoms. The topological polar surface area (TPSA) is 44.9 Å². The Morgan fingerprint density at radius 1 is 0.864 bits per heavy atom. The lowest BCUT2D eigenvalue weighted by molar-refractivity contribution is 0.123. The zero-order chi connectivity index (χ0) is 16.2. The fraction of sp³-hybridized carbons (Fsp3) is 0.944. The Morgan fingerprint density at radius 2 is 1.41 bits per heavy atom. The number of hydrogen-bond acceptors (Lipinski definition) is 4. The lowest BCUT2D eigenvalue weighted by atomic mass is 10.1. The van der Waals surface area contributed by atoms with Crippen LogP contribution in [0.4, 0.5) is 0 Å². The Balaban J connectivity index is 2.03. The van der Waals surface area contributed by atoms with E-state index in [0.29, 0.717) is 0 Å². The van der Waals surface area contributed by atoms with Gasteiger partial charge in [0.15, 0.2) is 0 Å². The van der Waals surface area contributed by atoms with Crippen molar-refractivity contribution in [3.63, 3.8) is 0 Å². The van der Waals surface area contributed by atoms with E-state index in [1.54, 1.807) is 0 Å². The van der Waals surface area contributed by atoms with E-state index in [4.69, 9.17) is 5.84 Å². The molecule has 0 radical (unpaired) electrons. The summed E-state index contributed by atoms with van der Waals surface area (Å²) in [7, 11) is 0. The van der Waals surface area contributed by atoms with Gasteiger partial charge in [0.25, 0.3) is 0 Å². The third-order valence-electron chi connectivity index (χ3n) is 4.63. The maximum atomic E-state index is 6.12. The summed E-state index contributed by atoms with van der Waals surface area (Å²) >= 11 is 0. The van der Waals surface area contributed by atoms with E-state index < -0.39 is 0 Å². The molecule has 0 fully saturated rings. The van der Waals surface area contributed by atoms with Gasteiger partial charge in [0.05, 0.1) is 0 Å². The predicted octanol–water partition coefficient (Wildman–Crippen LogP) is 4.86. The van der Waals surface area contributed by atoms with E-state index in [1.165, 1.54) is 64.2 Å². The van der Waals surface area contributed by atoms with Crippen LogP contribution in [0.25, 0.3) is 0 Å². The number of nitrogens with zero attached hydrogens (tertiary/aromatic N) is 3. The summed E-state index contributed by atoms with van der Waals surface area (Å²) in [6.07, 6.45) is 16.0. The molecule has 1 aliphatic rings. The lowest BCUT2D eigenvalue weighted by Gasteiger charge is -2.27. The molecule has 0 aromatic carbocycles. The first-order chi connectivity index (χ1) is 10.7. The summed E-state index contributed by atoms with van der Waals surface area (Å²) < 4.78 is 0. The summed E-state index contributed by atoms with van der Waals surface area (Å²) in [5.41, 5.74) is 0. The van der Waals surface area contributed by atoms with Gasteiger partial charge in [-0.15, -0.1) is 0 Å². The van der Waals surface area contributed by atoms with Crippen LogP contribution in [0.15, 0.2) is 5.10 Å². The van der Waals surface area contributed by atoms with Crippen LogP contribution in [0.1, 0.15) is 97.8 Å². The van der Waals surface area contributed by atoms with Crippen LogP contribution in [-0.4, -0.2) is 28.6 Å². The van der Waals surface area contributed by atoms with Crippen molar-refractivity contribution in [2.75, 3.05) is 6.54 Å². The summed E-state index contributed by atoms with van der Waals surface area (Å²) in [4.78, 5) is 0. The highest BCUT2D eigenvalue weighted by Crippen LogP contribution is 2.19. The van der Waals surface area contributed by atoms with Crippen LogP contribution in [0.5, 0.6) is 0 Å². The first-order valence-electron chi connectivity index (χ1n) is 9.62. The van der Waals surface area contributed by atoms with Gasteiger partial charge in [-0.25, -0.2) is 5.84 Å². The van der Waals surface area contributed by atoms with Gasteiger partial charge in [0.2, 0.25) is 0 Å². The Bertz CT molecular complexity index is 303. The smallest absolute Gasteiger partial charge is 0.140 e. The van der Waals surface area contributed by atoms with Gasteiger partial charge in [-0.3, -0.25) is 10.0 Å². The number of hydrogen-bond donors (Lipinski definition) is 1. The number of unbranched alkanes of at least 4 members (excludes halogenated alkanes) is 9. The minimum absolute atomic E-state index is 0.272. The molecule has 0 saturated carbocycles. The molecule has 1 unspecified atom stereocenters. The molecular weight excluding hydrogens is 272 g/mol. The van der Waals surface area contributed by atoms with Gasteiger partial charge < -0.3 is 0 Å². The molecule has 4 nitrogen and oxygen atoms in total. The van der Waals surface area contributed by atoms with Crippen LogP contribution in [0, 0.1) is 0 Å². The molecule has 22 heavy (non-hydrogen) atoms. The van der Waals surface area contributed by atoms with Crippen molar-refractivity contribution in [1.82, 2.24) is 10.0 Å². The average molecular weight is 311 g/mol. The molecule has 1 rings (SSSR count). The first-order valence-corrected chi connectivity index (χ1v) is 9.62. The zero-order valence-electron chi connectivity index (χ0n) is 15.2. The number of amidine groups is 1. The standard InChI is InChI=1S/C18H38N4/c1-4-7-8-9-10-11-12-13-14-15-16-21-18(6-3)22(19)17(5-2)20-21/h18H,4-16,19H2,1-3H3. The molecule has 4 heteroatoms. The van der Waals surface area contributed by atoms with Crippen LogP contribution in [-0.2, 0) is 0 Å². The van der Waals surface area contributed by atoms with Crippen molar-refractivity contribution in [2.45, 2.75) is 104 Å². The number of nitrogens with two attached hydrogens (primary N) is 1. The van der Waals surface area contributed by atoms with E-state index in [2.05, 4.69) is 30.9 Å². The van der Waals surface area contributed by atoms with E-state index in [0.717, 1.165) is 25.2 Å². The average Bonchev–Trinajstić information content (AvgIpc) is 2.84. The normalized spacial score (nSPS) is 18.2. The molecule has 0 bridgehead atoms. The van der Waals surface area contributed by atoms with Gasteiger partial charge in [-0.2, -0.15) is 5.10 Å². The van der Waals surface area contributed by atoms with Crippen molar-refractivity contribution in [3.8, 4) is 0 Å². The molecule has 130 valence electrons. The Hall–Kier alpha value is -0.770. The van der Waals surface area contributed by atoms with Gasteiger partial charge in [0, 0.05) is 13.0 Å². The summed E-state index contributed by atoms with van der Waals surface area (Å²) in [5, 5.41) is 8.72. The Kier molecular flexibility index (Phi) is 10.3. The Morgan fingerprint density at radius 3 is 1.91 bits per heavy atom. The molecule has 1 heterocycles. The van der Waals surface area contributed by atoms with Crippen molar-refractivity contribution in [1.29, 1.82) is 0 Å². The molecule has 0 aromatic heterocycles. The van der Waals surface area contributed by atoms with Crippen LogP contribution >= 0.6 is 0 Å². The van der Waals surface area contributed by atoms with E-state index in [-0.39, 0.29) is 6.17 Å². The monoisotopic (exact) mass is 310 g/mol. The second-order valence-corrected chi connectivity index (χ2v) is 6.51. The van der Waals surface area contributed by atoms with Crippen LogP contribution in [0.2, 0.25) is 0 Å². The number of hydrazine groups is 1. The summed E-state index contributed by atoms with van der Waals surface area (Å²) in [6, 6.07) is 0. The predicted molar refractivity (Wildman–Crippen MR) is 96.4 cm³/mol. The largest absolute Gasteiger partial charge is 0.273 e.